The molecule has 6 nitrogen and oxygen atoms in total. The van der Waals surface area contributed by atoms with Crippen LogP contribution >= 0.6 is 0 Å². The highest BCUT2D eigenvalue weighted by molar-refractivity contribution is 5.91. The molecule has 1 atom stereocenters. The third kappa shape index (κ3) is 10.7. The number of nitrogens with one attached hydrogen (secondary N) is 3. The molecule has 0 aromatic heterocycles. The number of allylic oxidation sites excluding steroid dienone is 3. The molecule has 0 amide bonds. The fourth-order valence-electron chi connectivity index (χ4n) is 5.03. The van der Waals surface area contributed by atoms with Gasteiger partial charge in [0.15, 0.2) is 0 Å². The number of carbonyl (C=O) groups excluding carboxylic acids is 1. The predicted molar refractivity (Wildman–Crippen MR) is 183 cm³/mol. The highest BCUT2D eigenvalue weighted by Crippen LogP contribution is 2.32. The van der Waals surface area contributed by atoms with Crippen molar-refractivity contribution in [3.63, 3.8) is 0 Å². The standard InChI is InChI=1S/C22H25FN2.C16H22N2O2/c23-20-12-11-19(13-21(20)24-14-16-5-4-6-16)22(25-15-17-9-10-17)18-7-2-1-3-8-18;1-4-6-14(16(19)20-3)9-12(2)18-15-8-5-7-13(10-15)11-17/h1-3,7-8,11-14,17,22,24-25H,4-6,9-10,15H2;5-10,18H,4,11,17H2,1-3H3/b;12-9-,14-6-. The quantitative estimate of drug-likeness (QED) is 0.0884. The number of esters is 1. The number of methoxy groups -OCH3 is 1. The minimum absolute atomic E-state index is 0.0966. The summed E-state index contributed by atoms with van der Waals surface area (Å²) in [6.45, 7) is 5.40. The second-order valence-corrected chi connectivity index (χ2v) is 11.7. The van der Waals surface area contributed by atoms with Crippen LogP contribution in [0.4, 0.5) is 15.8 Å². The topological polar surface area (TPSA) is 88.4 Å². The molecule has 1 unspecified atom stereocenters. The zero-order valence-electron chi connectivity index (χ0n) is 26.7. The number of halogens is 1. The predicted octanol–water partition coefficient (Wildman–Crippen LogP) is 8.36. The Morgan fingerprint density at radius 2 is 1.82 bits per heavy atom. The van der Waals surface area contributed by atoms with Gasteiger partial charge in [-0.1, -0.05) is 67.1 Å². The van der Waals surface area contributed by atoms with Gasteiger partial charge < -0.3 is 26.4 Å². The normalized spacial score (nSPS) is 15.3. The Bertz CT molecular complexity index is 1490. The molecule has 7 heteroatoms. The Hall–Kier alpha value is -4.20. The Morgan fingerprint density at radius 3 is 2.47 bits per heavy atom. The van der Waals surface area contributed by atoms with E-state index >= 15 is 0 Å². The summed E-state index contributed by atoms with van der Waals surface area (Å²) in [5.74, 6) is 0.269. The van der Waals surface area contributed by atoms with Crippen LogP contribution in [-0.2, 0) is 16.1 Å². The Kier molecular flexibility index (Phi) is 13.0. The second-order valence-electron chi connectivity index (χ2n) is 11.7. The van der Waals surface area contributed by atoms with E-state index in [4.69, 9.17) is 10.5 Å². The van der Waals surface area contributed by atoms with Crippen LogP contribution in [0.15, 0.2) is 108 Å². The lowest BCUT2D eigenvalue weighted by molar-refractivity contribution is -0.135. The van der Waals surface area contributed by atoms with Crippen molar-refractivity contribution in [1.82, 2.24) is 5.32 Å². The lowest BCUT2D eigenvalue weighted by Gasteiger charge is -2.21. The fourth-order valence-corrected chi connectivity index (χ4v) is 5.03. The van der Waals surface area contributed by atoms with Gasteiger partial charge in [0.1, 0.15) is 5.82 Å². The Balaban J connectivity index is 0.000000211. The van der Waals surface area contributed by atoms with Crippen molar-refractivity contribution in [2.24, 2.45) is 11.7 Å². The highest BCUT2D eigenvalue weighted by Gasteiger charge is 2.24. The molecule has 0 bridgehead atoms. The molecule has 2 aliphatic carbocycles. The van der Waals surface area contributed by atoms with Gasteiger partial charge in [-0.3, -0.25) is 0 Å². The molecule has 0 radical (unpaired) electrons. The summed E-state index contributed by atoms with van der Waals surface area (Å²) < 4.78 is 19.0. The molecule has 0 saturated heterocycles. The van der Waals surface area contributed by atoms with E-state index in [1.54, 1.807) is 12.1 Å². The summed E-state index contributed by atoms with van der Waals surface area (Å²) in [5.41, 5.74) is 13.3. The molecule has 5 N–H and O–H groups in total. The maximum atomic E-state index is 14.2. The van der Waals surface area contributed by atoms with Gasteiger partial charge >= 0.3 is 5.97 Å². The van der Waals surface area contributed by atoms with Crippen molar-refractivity contribution in [3.8, 4) is 0 Å². The number of carbonyl (C=O) groups is 1. The van der Waals surface area contributed by atoms with Gasteiger partial charge in [0, 0.05) is 24.1 Å². The third-order valence-electron chi connectivity index (χ3n) is 7.91. The average Bonchev–Trinajstić information content (AvgIpc) is 3.86. The van der Waals surface area contributed by atoms with Crippen LogP contribution in [0.1, 0.15) is 75.1 Å². The second kappa shape index (κ2) is 17.3. The number of ether oxygens (including phenoxy) is 1. The van der Waals surface area contributed by atoms with E-state index in [1.165, 1.54) is 37.5 Å². The van der Waals surface area contributed by atoms with Crippen LogP contribution in [-0.4, -0.2) is 19.6 Å². The van der Waals surface area contributed by atoms with Gasteiger partial charge in [0.05, 0.1) is 24.4 Å². The molecular weight excluding hydrogens is 563 g/mol. The van der Waals surface area contributed by atoms with Crippen LogP contribution in [0.3, 0.4) is 0 Å². The molecule has 2 aliphatic rings. The average molecular weight is 611 g/mol. The van der Waals surface area contributed by atoms with E-state index in [0.717, 1.165) is 54.2 Å². The number of hydrogen-bond donors (Lipinski definition) is 4. The van der Waals surface area contributed by atoms with E-state index in [9.17, 15) is 9.18 Å². The first-order valence-electron chi connectivity index (χ1n) is 15.9. The van der Waals surface area contributed by atoms with Gasteiger partial charge in [0.25, 0.3) is 0 Å². The van der Waals surface area contributed by atoms with Gasteiger partial charge in [-0.15, -0.1) is 0 Å². The maximum Gasteiger partial charge on any atom is 0.337 e. The molecule has 3 aromatic carbocycles. The SMILES string of the molecule is CC/C=C(/C=C(/C)Nc1cccc(CN)c1)C(=O)OC.Fc1ccc(C(NCC2CC2)c2ccccc2)cc1NC=C1CCC1. The van der Waals surface area contributed by atoms with Crippen molar-refractivity contribution in [2.45, 2.75) is 65.0 Å². The van der Waals surface area contributed by atoms with E-state index in [1.807, 2.05) is 68.6 Å². The van der Waals surface area contributed by atoms with Crippen LogP contribution in [0.2, 0.25) is 0 Å². The van der Waals surface area contributed by atoms with Gasteiger partial charge in [-0.2, -0.15) is 0 Å². The fraction of sp³-hybridized carbons (Fsp3) is 0.342. The van der Waals surface area contributed by atoms with Gasteiger partial charge in [-0.05, 0) is 105 Å². The van der Waals surface area contributed by atoms with Crippen molar-refractivity contribution in [3.05, 3.63) is 130 Å². The largest absolute Gasteiger partial charge is 0.465 e. The lowest BCUT2D eigenvalue weighted by Crippen LogP contribution is -2.24. The third-order valence-corrected chi connectivity index (χ3v) is 7.91. The molecule has 0 aliphatic heterocycles. The van der Waals surface area contributed by atoms with Gasteiger partial charge in [0.2, 0.25) is 0 Å². The summed E-state index contributed by atoms with van der Waals surface area (Å²) >= 11 is 0. The number of nitrogens with two attached hydrogens (primary N) is 1. The van der Waals surface area contributed by atoms with Crippen molar-refractivity contribution in [2.75, 3.05) is 24.3 Å². The summed E-state index contributed by atoms with van der Waals surface area (Å²) in [7, 11) is 1.38. The first kappa shape index (κ1) is 33.7. The first-order chi connectivity index (χ1) is 21.9. The Labute approximate surface area is 267 Å². The lowest BCUT2D eigenvalue weighted by atomic mass is 9.93. The van der Waals surface area contributed by atoms with E-state index < -0.39 is 0 Å². The molecular formula is C38H47FN4O2. The van der Waals surface area contributed by atoms with Crippen molar-refractivity contribution >= 4 is 17.3 Å². The minimum atomic E-state index is -0.330. The zero-order chi connectivity index (χ0) is 32.0. The molecule has 0 heterocycles. The molecule has 238 valence electrons. The van der Waals surface area contributed by atoms with Crippen molar-refractivity contribution in [1.29, 1.82) is 0 Å². The number of hydrogen-bond acceptors (Lipinski definition) is 6. The smallest absolute Gasteiger partial charge is 0.337 e. The van der Waals surface area contributed by atoms with E-state index in [-0.39, 0.29) is 17.8 Å². The summed E-state index contributed by atoms with van der Waals surface area (Å²) in [5, 5.41) is 10.1. The first-order valence-corrected chi connectivity index (χ1v) is 15.9. The summed E-state index contributed by atoms with van der Waals surface area (Å²) in [6, 6.07) is 23.8. The van der Waals surface area contributed by atoms with Crippen LogP contribution in [0.25, 0.3) is 0 Å². The maximum absolute atomic E-state index is 14.2. The van der Waals surface area contributed by atoms with E-state index in [2.05, 4.69) is 40.2 Å². The number of rotatable bonds is 13. The molecule has 5 rings (SSSR count). The van der Waals surface area contributed by atoms with Crippen LogP contribution in [0.5, 0.6) is 0 Å². The summed E-state index contributed by atoms with van der Waals surface area (Å²) in [6.07, 6.45) is 12.5. The van der Waals surface area contributed by atoms with Crippen LogP contribution < -0.4 is 21.7 Å². The summed E-state index contributed by atoms with van der Waals surface area (Å²) in [4.78, 5) is 11.6. The molecule has 0 spiro atoms. The molecule has 2 saturated carbocycles. The molecule has 45 heavy (non-hydrogen) atoms. The monoisotopic (exact) mass is 610 g/mol. The highest BCUT2D eigenvalue weighted by atomic mass is 19.1. The van der Waals surface area contributed by atoms with Crippen LogP contribution in [0, 0.1) is 11.7 Å². The van der Waals surface area contributed by atoms with Crippen molar-refractivity contribution < 1.29 is 13.9 Å². The zero-order valence-corrected chi connectivity index (χ0v) is 26.7. The number of anilines is 2. The Morgan fingerprint density at radius 1 is 1.04 bits per heavy atom. The molecule has 2 fully saturated rings. The van der Waals surface area contributed by atoms with E-state index in [0.29, 0.717) is 17.8 Å². The molecule has 3 aromatic rings. The minimum Gasteiger partial charge on any atom is -0.465 e. The number of benzene rings is 3. The van der Waals surface area contributed by atoms with Gasteiger partial charge in [-0.25, -0.2) is 9.18 Å².